The molecule has 2 aromatic rings. The van der Waals surface area contributed by atoms with Crippen LogP contribution in [-0.4, -0.2) is 5.11 Å². The number of rotatable bonds is 3. The Labute approximate surface area is 111 Å². The van der Waals surface area contributed by atoms with Crippen molar-refractivity contribution in [1.29, 1.82) is 0 Å². The molecule has 17 heavy (non-hydrogen) atoms. The Hall–Kier alpha value is -1.16. The van der Waals surface area contributed by atoms with Gasteiger partial charge >= 0.3 is 0 Å². The van der Waals surface area contributed by atoms with E-state index in [1.54, 1.807) is 6.07 Å². The molecular weight excluding hydrogens is 254 g/mol. The molecule has 0 radical (unpaired) electrons. The van der Waals surface area contributed by atoms with Gasteiger partial charge in [-0.1, -0.05) is 42.1 Å². The third-order valence-corrected chi connectivity index (χ3v) is 3.46. The number of phenols is 1. The van der Waals surface area contributed by atoms with Crippen molar-refractivity contribution in [2.75, 3.05) is 0 Å². The van der Waals surface area contributed by atoms with E-state index < -0.39 is 0 Å². The molecule has 0 aliphatic carbocycles. The van der Waals surface area contributed by atoms with E-state index in [9.17, 15) is 5.11 Å². The lowest BCUT2D eigenvalue weighted by Gasteiger charge is -2.07. The van der Waals surface area contributed by atoms with E-state index in [4.69, 9.17) is 5.73 Å². The minimum atomic E-state index is 0. The molecule has 0 bridgehead atoms. The van der Waals surface area contributed by atoms with Crippen LogP contribution in [0.3, 0.4) is 0 Å². The summed E-state index contributed by atoms with van der Waals surface area (Å²) < 4.78 is 0. The van der Waals surface area contributed by atoms with Crippen molar-refractivity contribution < 1.29 is 5.11 Å². The summed E-state index contributed by atoms with van der Waals surface area (Å²) in [5, 5.41) is 9.68. The molecule has 0 saturated carbocycles. The Balaban J connectivity index is 0.00000144. The average molecular weight is 268 g/mol. The third kappa shape index (κ3) is 3.40. The van der Waals surface area contributed by atoms with Crippen molar-refractivity contribution in [3.63, 3.8) is 0 Å². The number of phenolic OH excluding ortho intramolecular Hbond substituents is 1. The van der Waals surface area contributed by atoms with Gasteiger partial charge in [0, 0.05) is 11.4 Å². The van der Waals surface area contributed by atoms with Crippen LogP contribution in [-0.2, 0) is 6.54 Å². The van der Waals surface area contributed by atoms with Gasteiger partial charge in [-0.15, -0.1) is 12.4 Å². The minimum Gasteiger partial charge on any atom is -0.507 e. The Morgan fingerprint density at radius 1 is 0.941 bits per heavy atom. The first-order chi connectivity index (χ1) is 7.81. The molecule has 0 aliphatic heterocycles. The molecule has 0 spiro atoms. The van der Waals surface area contributed by atoms with Crippen LogP contribution < -0.4 is 5.73 Å². The predicted octanol–water partition coefficient (Wildman–Crippen LogP) is 3.42. The summed E-state index contributed by atoms with van der Waals surface area (Å²) in [6, 6.07) is 15.3. The van der Waals surface area contributed by atoms with E-state index in [1.807, 2.05) is 42.5 Å². The number of nitrogens with two attached hydrogens (primary N) is 1. The smallest absolute Gasteiger partial charge is 0.129 e. The zero-order valence-electron chi connectivity index (χ0n) is 9.17. The molecule has 0 atom stereocenters. The molecular formula is C13H14ClNOS. The topological polar surface area (TPSA) is 46.2 Å². The largest absolute Gasteiger partial charge is 0.507 e. The fraction of sp³-hybridized carbons (Fsp3) is 0.0769. The first-order valence-corrected chi connectivity index (χ1v) is 5.86. The van der Waals surface area contributed by atoms with Crippen molar-refractivity contribution >= 4 is 24.2 Å². The average Bonchev–Trinajstić information content (AvgIpc) is 2.33. The minimum absolute atomic E-state index is 0. The number of para-hydroxylation sites is 1. The molecule has 0 unspecified atom stereocenters. The fourth-order valence-corrected chi connectivity index (χ4v) is 2.42. The number of benzene rings is 2. The van der Waals surface area contributed by atoms with Crippen LogP contribution in [0, 0.1) is 0 Å². The summed E-state index contributed by atoms with van der Waals surface area (Å²) in [6.45, 7) is 0.511. The Morgan fingerprint density at radius 2 is 1.53 bits per heavy atom. The molecule has 3 N–H and O–H groups in total. The maximum absolute atomic E-state index is 9.68. The molecule has 4 heteroatoms. The molecule has 0 aromatic heterocycles. The van der Waals surface area contributed by atoms with Gasteiger partial charge in [0.25, 0.3) is 0 Å². The van der Waals surface area contributed by atoms with E-state index in [0.29, 0.717) is 12.3 Å². The molecule has 2 nitrogen and oxygen atoms in total. The van der Waals surface area contributed by atoms with Crippen molar-refractivity contribution in [3.8, 4) is 5.75 Å². The molecule has 2 aromatic carbocycles. The van der Waals surface area contributed by atoms with Gasteiger partial charge in [0.15, 0.2) is 0 Å². The molecule has 0 heterocycles. The van der Waals surface area contributed by atoms with Crippen molar-refractivity contribution in [2.24, 2.45) is 5.73 Å². The van der Waals surface area contributed by atoms with Crippen LogP contribution in [0.2, 0.25) is 0 Å². The fourth-order valence-electron chi connectivity index (χ4n) is 1.43. The lowest BCUT2D eigenvalue weighted by molar-refractivity contribution is 0.462. The van der Waals surface area contributed by atoms with E-state index >= 15 is 0 Å². The van der Waals surface area contributed by atoms with Gasteiger partial charge in [0.1, 0.15) is 5.75 Å². The lowest BCUT2D eigenvalue weighted by atomic mass is 10.2. The highest BCUT2D eigenvalue weighted by atomic mass is 35.5. The summed E-state index contributed by atoms with van der Waals surface area (Å²) in [4.78, 5) is 1.94. The quantitative estimate of drug-likeness (QED) is 0.896. The van der Waals surface area contributed by atoms with Gasteiger partial charge in [-0.05, 0) is 23.8 Å². The SMILES string of the molecule is Cl.NCc1ccccc1Sc1ccccc1O. The van der Waals surface area contributed by atoms with Crippen LogP contribution in [0.15, 0.2) is 58.3 Å². The van der Waals surface area contributed by atoms with Crippen molar-refractivity contribution in [2.45, 2.75) is 16.3 Å². The van der Waals surface area contributed by atoms with E-state index in [0.717, 1.165) is 15.4 Å². The summed E-state index contributed by atoms with van der Waals surface area (Å²) in [6.07, 6.45) is 0. The van der Waals surface area contributed by atoms with Gasteiger partial charge in [0.05, 0.1) is 4.90 Å². The summed E-state index contributed by atoms with van der Waals surface area (Å²) in [5.74, 6) is 0.305. The van der Waals surface area contributed by atoms with Crippen LogP contribution >= 0.6 is 24.2 Å². The van der Waals surface area contributed by atoms with E-state index in [-0.39, 0.29) is 12.4 Å². The van der Waals surface area contributed by atoms with Crippen molar-refractivity contribution in [3.05, 3.63) is 54.1 Å². The van der Waals surface area contributed by atoms with E-state index in [1.165, 1.54) is 11.8 Å². The highest BCUT2D eigenvalue weighted by molar-refractivity contribution is 7.99. The number of hydrogen-bond donors (Lipinski definition) is 2. The first kappa shape index (κ1) is 13.9. The number of halogens is 1. The van der Waals surface area contributed by atoms with Gasteiger partial charge in [-0.2, -0.15) is 0 Å². The standard InChI is InChI=1S/C13H13NOS.ClH/c14-9-10-5-1-3-7-12(10)16-13-8-4-2-6-11(13)15;/h1-8,15H,9,14H2;1H. The number of aromatic hydroxyl groups is 1. The summed E-state index contributed by atoms with van der Waals surface area (Å²) >= 11 is 1.54. The maximum atomic E-state index is 9.68. The zero-order valence-corrected chi connectivity index (χ0v) is 10.8. The van der Waals surface area contributed by atoms with Gasteiger partial charge in [0.2, 0.25) is 0 Å². The molecule has 0 amide bonds. The maximum Gasteiger partial charge on any atom is 0.129 e. The lowest BCUT2D eigenvalue weighted by Crippen LogP contribution is -1.97. The summed E-state index contributed by atoms with van der Waals surface area (Å²) in [7, 11) is 0. The number of hydrogen-bond acceptors (Lipinski definition) is 3. The second-order valence-corrected chi connectivity index (χ2v) is 4.47. The van der Waals surface area contributed by atoms with Crippen LogP contribution in [0.1, 0.15) is 5.56 Å². The molecule has 0 fully saturated rings. The Kier molecular flexibility index (Phi) is 5.35. The molecule has 90 valence electrons. The normalized spacial score (nSPS) is 9.71. The summed E-state index contributed by atoms with van der Waals surface area (Å²) in [5.41, 5.74) is 6.76. The van der Waals surface area contributed by atoms with Gasteiger partial charge < -0.3 is 10.8 Å². The van der Waals surface area contributed by atoms with Crippen molar-refractivity contribution in [1.82, 2.24) is 0 Å². The third-order valence-electron chi connectivity index (χ3n) is 2.28. The van der Waals surface area contributed by atoms with Gasteiger partial charge in [-0.25, -0.2) is 0 Å². The second-order valence-electron chi connectivity index (χ2n) is 3.38. The highest BCUT2D eigenvalue weighted by Crippen LogP contribution is 2.35. The van der Waals surface area contributed by atoms with Gasteiger partial charge in [-0.3, -0.25) is 0 Å². The molecule has 0 aliphatic rings. The molecule has 2 rings (SSSR count). The van der Waals surface area contributed by atoms with Crippen LogP contribution in [0.4, 0.5) is 0 Å². The van der Waals surface area contributed by atoms with E-state index in [2.05, 4.69) is 0 Å². The monoisotopic (exact) mass is 267 g/mol. The first-order valence-electron chi connectivity index (χ1n) is 5.05. The Bertz CT molecular complexity index is 490. The highest BCUT2D eigenvalue weighted by Gasteiger charge is 2.05. The predicted molar refractivity (Wildman–Crippen MR) is 73.8 cm³/mol. The van der Waals surface area contributed by atoms with Crippen LogP contribution in [0.5, 0.6) is 5.75 Å². The Morgan fingerprint density at radius 3 is 2.18 bits per heavy atom. The van der Waals surface area contributed by atoms with Crippen LogP contribution in [0.25, 0.3) is 0 Å². The zero-order chi connectivity index (χ0) is 11.4. The molecule has 0 saturated heterocycles. The second kappa shape index (κ2) is 6.55.